The summed E-state index contributed by atoms with van der Waals surface area (Å²) in [5, 5.41) is 1.09. The van der Waals surface area contributed by atoms with E-state index in [1.807, 2.05) is 12.1 Å². The Morgan fingerprint density at radius 3 is 3.00 bits per heavy atom. The van der Waals surface area contributed by atoms with Crippen LogP contribution in [0.15, 0.2) is 18.2 Å². The summed E-state index contributed by atoms with van der Waals surface area (Å²) in [6.07, 6.45) is 1.94. The number of amides is 1. The average molecular weight is 385 g/mol. The molecule has 1 saturated heterocycles. The van der Waals surface area contributed by atoms with Gasteiger partial charge in [-0.2, -0.15) is 0 Å². The Kier molecular flexibility index (Phi) is 5.76. The first-order valence-electron chi connectivity index (χ1n) is 7.65. The molecule has 0 aliphatic carbocycles. The van der Waals surface area contributed by atoms with E-state index < -0.39 is 0 Å². The third-order valence-electron chi connectivity index (χ3n) is 3.70. The summed E-state index contributed by atoms with van der Waals surface area (Å²) in [7, 11) is 0. The molecule has 1 amide bonds. The summed E-state index contributed by atoms with van der Waals surface area (Å²) in [5.41, 5.74) is 0.698. The second-order valence-corrected chi connectivity index (χ2v) is 8.07. The van der Waals surface area contributed by atoms with Crippen molar-refractivity contribution in [2.24, 2.45) is 0 Å². The number of benzene rings is 1. The molecule has 1 fully saturated rings. The van der Waals surface area contributed by atoms with Crippen molar-refractivity contribution in [3.63, 3.8) is 0 Å². The maximum absolute atomic E-state index is 12.6. The molecule has 2 aromatic rings. The van der Waals surface area contributed by atoms with Crippen LogP contribution in [-0.4, -0.2) is 41.0 Å². The molecule has 1 aromatic carbocycles. The van der Waals surface area contributed by atoms with Crippen molar-refractivity contribution in [2.45, 2.75) is 25.9 Å². The lowest BCUT2D eigenvalue weighted by molar-refractivity contribution is -0.117. The zero-order valence-electron chi connectivity index (χ0n) is 13.2. The van der Waals surface area contributed by atoms with E-state index in [0.717, 1.165) is 35.9 Å². The molecular formula is C16H17ClN2O3S2. The van der Waals surface area contributed by atoms with Crippen molar-refractivity contribution in [3.8, 4) is 0 Å². The molecular weight excluding hydrogens is 368 g/mol. The van der Waals surface area contributed by atoms with Crippen LogP contribution < -0.4 is 4.90 Å². The molecule has 0 bridgehead atoms. The Bertz CT molecular complexity index is 759. The fourth-order valence-corrected chi connectivity index (χ4v) is 4.31. The van der Waals surface area contributed by atoms with Crippen LogP contribution in [0.3, 0.4) is 0 Å². The predicted molar refractivity (Wildman–Crippen MR) is 99.1 cm³/mol. The third-order valence-corrected chi connectivity index (χ3v) is 5.85. The summed E-state index contributed by atoms with van der Waals surface area (Å²) in [4.78, 5) is 30.0. The van der Waals surface area contributed by atoms with E-state index in [2.05, 4.69) is 4.98 Å². The number of fused-ring (bicyclic) bond motifs is 1. The maximum atomic E-state index is 12.6. The molecule has 0 radical (unpaired) electrons. The molecule has 24 heavy (non-hydrogen) atoms. The third kappa shape index (κ3) is 4.08. The van der Waals surface area contributed by atoms with Gasteiger partial charge in [0.1, 0.15) is 5.52 Å². The van der Waals surface area contributed by atoms with Crippen molar-refractivity contribution < 1.29 is 14.3 Å². The van der Waals surface area contributed by atoms with Crippen LogP contribution in [0.1, 0.15) is 19.8 Å². The molecule has 5 nitrogen and oxygen atoms in total. The van der Waals surface area contributed by atoms with E-state index in [-0.39, 0.29) is 22.9 Å². The fourth-order valence-electron chi connectivity index (χ4n) is 2.54. The molecule has 1 aliphatic heterocycles. The number of carbonyl (C=O) groups excluding carboxylic acids is 2. The van der Waals surface area contributed by atoms with Crippen LogP contribution >= 0.6 is 34.7 Å². The van der Waals surface area contributed by atoms with E-state index in [1.165, 1.54) is 18.3 Å². The number of ether oxygens (including phenoxy) is 1. The number of hydrogen-bond donors (Lipinski definition) is 0. The molecule has 1 aliphatic rings. The van der Waals surface area contributed by atoms with Gasteiger partial charge in [-0.25, -0.2) is 4.98 Å². The van der Waals surface area contributed by atoms with Crippen molar-refractivity contribution >= 4 is 61.1 Å². The number of thiazole rings is 1. The van der Waals surface area contributed by atoms with Gasteiger partial charge in [0.25, 0.3) is 0 Å². The molecule has 3 rings (SSSR count). The Hall–Kier alpha value is -1.15. The number of anilines is 1. The second-order valence-electron chi connectivity index (χ2n) is 5.50. The normalized spacial score (nSPS) is 17.3. The standard InChI is InChI=1S/C16H17ClN2O3S2/c1-10(20)23-9-14(21)19(8-11-4-3-7-22-11)16-18-15-12(17)5-2-6-13(15)24-16/h2,5-6,11H,3-4,7-9H2,1H3. The Morgan fingerprint density at radius 2 is 2.33 bits per heavy atom. The summed E-state index contributed by atoms with van der Waals surface area (Å²) in [5.74, 6) is -0.0352. The van der Waals surface area contributed by atoms with E-state index >= 15 is 0 Å². The highest BCUT2D eigenvalue weighted by Gasteiger charge is 2.26. The van der Waals surface area contributed by atoms with Crippen LogP contribution in [0.5, 0.6) is 0 Å². The van der Waals surface area contributed by atoms with Crippen molar-refractivity contribution in [3.05, 3.63) is 23.2 Å². The lowest BCUT2D eigenvalue weighted by Gasteiger charge is -2.22. The highest BCUT2D eigenvalue weighted by atomic mass is 35.5. The summed E-state index contributed by atoms with van der Waals surface area (Å²) < 4.78 is 6.59. The molecule has 128 valence electrons. The van der Waals surface area contributed by atoms with Crippen LogP contribution in [-0.2, 0) is 14.3 Å². The number of para-hydroxylation sites is 1. The number of halogens is 1. The number of carbonyl (C=O) groups is 2. The highest BCUT2D eigenvalue weighted by molar-refractivity contribution is 8.14. The van der Waals surface area contributed by atoms with Crippen molar-refractivity contribution in [2.75, 3.05) is 23.8 Å². The average Bonchev–Trinajstić information content (AvgIpc) is 3.20. The van der Waals surface area contributed by atoms with Crippen LogP contribution in [0.25, 0.3) is 10.2 Å². The Balaban J connectivity index is 1.87. The molecule has 1 unspecified atom stereocenters. The van der Waals surface area contributed by atoms with E-state index in [0.29, 0.717) is 22.2 Å². The van der Waals surface area contributed by atoms with E-state index in [9.17, 15) is 9.59 Å². The molecule has 8 heteroatoms. The van der Waals surface area contributed by atoms with Gasteiger partial charge in [0.05, 0.1) is 28.1 Å². The monoisotopic (exact) mass is 384 g/mol. The Morgan fingerprint density at radius 1 is 1.50 bits per heavy atom. The highest BCUT2D eigenvalue weighted by Crippen LogP contribution is 2.33. The minimum Gasteiger partial charge on any atom is -0.376 e. The largest absolute Gasteiger partial charge is 0.376 e. The summed E-state index contributed by atoms with van der Waals surface area (Å²) in [6.45, 7) is 2.63. The van der Waals surface area contributed by atoms with Crippen molar-refractivity contribution in [1.82, 2.24) is 4.98 Å². The van der Waals surface area contributed by atoms with Gasteiger partial charge >= 0.3 is 0 Å². The van der Waals surface area contributed by atoms with Crippen LogP contribution in [0.2, 0.25) is 5.02 Å². The predicted octanol–water partition coefficient (Wildman–Crippen LogP) is 3.74. The van der Waals surface area contributed by atoms with Gasteiger partial charge in [-0.15, -0.1) is 0 Å². The minimum atomic E-state index is -0.138. The van der Waals surface area contributed by atoms with Gasteiger partial charge < -0.3 is 4.74 Å². The van der Waals surface area contributed by atoms with Gasteiger partial charge in [0.2, 0.25) is 5.91 Å². The van der Waals surface area contributed by atoms with Gasteiger partial charge in [-0.1, -0.05) is 40.8 Å². The molecule has 2 heterocycles. The van der Waals surface area contributed by atoms with Crippen LogP contribution in [0.4, 0.5) is 5.13 Å². The van der Waals surface area contributed by atoms with E-state index in [1.54, 1.807) is 11.0 Å². The van der Waals surface area contributed by atoms with Crippen molar-refractivity contribution in [1.29, 1.82) is 0 Å². The van der Waals surface area contributed by atoms with Gasteiger partial charge in [-0.3, -0.25) is 14.5 Å². The smallest absolute Gasteiger partial charge is 0.239 e. The first kappa shape index (κ1) is 17.7. The van der Waals surface area contributed by atoms with Crippen LogP contribution in [0, 0.1) is 0 Å². The SMILES string of the molecule is CC(=O)SCC(=O)N(CC1CCCO1)c1nc2c(Cl)cccc2s1. The maximum Gasteiger partial charge on any atom is 0.239 e. The van der Waals surface area contributed by atoms with Gasteiger partial charge in [-0.05, 0) is 25.0 Å². The number of rotatable bonds is 5. The molecule has 1 atom stereocenters. The first-order valence-corrected chi connectivity index (χ1v) is 9.83. The lowest BCUT2D eigenvalue weighted by Crippen LogP contribution is -2.38. The minimum absolute atomic E-state index is 0.0127. The quantitative estimate of drug-likeness (QED) is 0.785. The molecule has 0 N–H and O–H groups in total. The summed E-state index contributed by atoms with van der Waals surface area (Å²) >= 11 is 8.63. The lowest BCUT2D eigenvalue weighted by atomic mass is 10.2. The zero-order chi connectivity index (χ0) is 17.1. The fraction of sp³-hybridized carbons (Fsp3) is 0.438. The number of aromatic nitrogens is 1. The molecule has 0 saturated carbocycles. The number of nitrogens with zero attached hydrogens (tertiary/aromatic N) is 2. The molecule has 0 spiro atoms. The Labute approximate surface area is 153 Å². The zero-order valence-corrected chi connectivity index (χ0v) is 15.5. The second kappa shape index (κ2) is 7.82. The first-order chi connectivity index (χ1) is 11.5. The van der Waals surface area contributed by atoms with E-state index in [4.69, 9.17) is 16.3 Å². The summed E-state index contributed by atoms with van der Waals surface area (Å²) in [6, 6.07) is 5.58. The molecule has 1 aromatic heterocycles. The number of hydrogen-bond acceptors (Lipinski definition) is 6. The number of thioether (sulfide) groups is 1. The topological polar surface area (TPSA) is 59.5 Å². The van der Waals surface area contributed by atoms with Gasteiger partial charge in [0.15, 0.2) is 10.2 Å². The van der Waals surface area contributed by atoms with Gasteiger partial charge in [0, 0.05) is 13.5 Å².